The number of benzene rings is 2. The first-order valence-corrected chi connectivity index (χ1v) is 7.57. The van der Waals surface area contributed by atoms with E-state index >= 15 is 0 Å². The smallest absolute Gasteiger partial charge is 0.119 e. The van der Waals surface area contributed by atoms with E-state index in [4.69, 9.17) is 9.94 Å². The molecule has 0 atom stereocenters. The van der Waals surface area contributed by atoms with E-state index in [1.807, 2.05) is 30.3 Å². The van der Waals surface area contributed by atoms with Gasteiger partial charge in [0.2, 0.25) is 0 Å². The van der Waals surface area contributed by atoms with Crippen LogP contribution < -0.4 is 9.64 Å². The van der Waals surface area contributed by atoms with Crippen molar-refractivity contribution >= 4 is 11.4 Å². The topological polar surface area (TPSA) is 45.1 Å². The highest BCUT2D eigenvalue weighted by molar-refractivity contribution is 5.86. The maximum Gasteiger partial charge on any atom is 0.119 e. The van der Waals surface area contributed by atoms with E-state index in [1.54, 1.807) is 0 Å². The Morgan fingerprint density at radius 1 is 0.955 bits per heavy atom. The summed E-state index contributed by atoms with van der Waals surface area (Å²) in [5.41, 5.74) is 3.24. The zero-order chi connectivity index (χ0) is 15.2. The number of piperidine rings is 1. The molecule has 1 aliphatic rings. The molecule has 0 unspecified atom stereocenters. The molecule has 0 amide bonds. The van der Waals surface area contributed by atoms with E-state index in [0.717, 1.165) is 37.4 Å². The largest absolute Gasteiger partial charge is 0.489 e. The lowest BCUT2D eigenvalue weighted by molar-refractivity contribution is 0.306. The number of nitrogens with zero attached hydrogens (tertiary/aromatic N) is 2. The van der Waals surface area contributed by atoms with Gasteiger partial charge < -0.3 is 14.8 Å². The molecule has 0 aliphatic carbocycles. The Kier molecular flexibility index (Phi) is 4.59. The van der Waals surface area contributed by atoms with Crippen LogP contribution in [-0.4, -0.2) is 24.0 Å². The molecule has 0 radical (unpaired) electrons. The van der Waals surface area contributed by atoms with Gasteiger partial charge in [-0.25, -0.2) is 0 Å². The van der Waals surface area contributed by atoms with Crippen LogP contribution in [0.2, 0.25) is 0 Å². The molecule has 1 heterocycles. The van der Waals surface area contributed by atoms with Crippen molar-refractivity contribution in [3.8, 4) is 5.75 Å². The molecule has 0 bridgehead atoms. The second-order valence-corrected chi connectivity index (χ2v) is 5.42. The molecule has 0 aromatic heterocycles. The SMILES string of the molecule is ON=C1CCN(c2ccc(OCc3ccccc3)cc2)CC1. The molecule has 1 fully saturated rings. The summed E-state index contributed by atoms with van der Waals surface area (Å²) in [5.74, 6) is 0.877. The Morgan fingerprint density at radius 2 is 1.64 bits per heavy atom. The third kappa shape index (κ3) is 3.58. The molecule has 3 rings (SSSR count). The van der Waals surface area contributed by atoms with Gasteiger partial charge in [0.15, 0.2) is 0 Å². The first-order valence-electron chi connectivity index (χ1n) is 7.57. The normalized spacial score (nSPS) is 14.7. The molecule has 0 saturated carbocycles. The van der Waals surface area contributed by atoms with Gasteiger partial charge in [0.25, 0.3) is 0 Å². The van der Waals surface area contributed by atoms with Crippen molar-refractivity contribution in [2.75, 3.05) is 18.0 Å². The Hall–Kier alpha value is -2.49. The summed E-state index contributed by atoms with van der Waals surface area (Å²) in [4.78, 5) is 2.30. The number of hydrogen-bond donors (Lipinski definition) is 1. The predicted molar refractivity (Wildman–Crippen MR) is 87.9 cm³/mol. The highest BCUT2D eigenvalue weighted by Gasteiger charge is 2.15. The average molecular weight is 296 g/mol. The molecule has 1 aliphatic heterocycles. The standard InChI is InChI=1S/C18H20N2O2/c21-19-16-10-12-20(13-11-16)17-6-8-18(9-7-17)22-14-15-4-2-1-3-5-15/h1-9,21H,10-14H2. The van der Waals surface area contributed by atoms with Crippen molar-refractivity contribution in [1.29, 1.82) is 0 Å². The lowest BCUT2D eigenvalue weighted by atomic mass is 10.1. The van der Waals surface area contributed by atoms with Crippen molar-refractivity contribution in [3.63, 3.8) is 0 Å². The summed E-state index contributed by atoms with van der Waals surface area (Å²) < 4.78 is 5.80. The van der Waals surface area contributed by atoms with Crippen LogP contribution in [0.1, 0.15) is 18.4 Å². The molecule has 4 heteroatoms. The maximum absolute atomic E-state index is 8.79. The summed E-state index contributed by atoms with van der Waals surface area (Å²) in [7, 11) is 0. The molecule has 4 nitrogen and oxygen atoms in total. The minimum Gasteiger partial charge on any atom is -0.489 e. The van der Waals surface area contributed by atoms with E-state index < -0.39 is 0 Å². The third-order valence-corrected chi connectivity index (χ3v) is 3.93. The number of anilines is 1. The summed E-state index contributed by atoms with van der Waals surface area (Å²) >= 11 is 0. The first-order chi connectivity index (χ1) is 10.8. The van der Waals surface area contributed by atoms with Crippen molar-refractivity contribution in [2.24, 2.45) is 5.16 Å². The fourth-order valence-corrected chi connectivity index (χ4v) is 2.62. The zero-order valence-corrected chi connectivity index (χ0v) is 12.5. The average Bonchev–Trinajstić information content (AvgIpc) is 2.61. The van der Waals surface area contributed by atoms with Gasteiger partial charge in [-0.1, -0.05) is 35.5 Å². The van der Waals surface area contributed by atoms with Crippen molar-refractivity contribution in [3.05, 3.63) is 60.2 Å². The molecule has 22 heavy (non-hydrogen) atoms. The predicted octanol–water partition coefficient (Wildman–Crippen LogP) is 3.70. The Balaban J connectivity index is 1.56. The molecule has 114 valence electrons. The molecule has 1 N–H and O–H groups in total. The van der Waals surface area contributed by atoms with E-state index in [1.165, 1.54) is 11.3 Å². The summed E-state index contributed by atoms with van der Waals surface area (Å²) in [6.45, 7) is 2.37. The fraction of sp³-hybridized carbons (Fsp3) is 0.278. The van der Waals surface area contributed by atoms with Gasteiger partial charge in [-0.15, -0.1) is 0 Å². The minimum atomic E-state index is 0.584. The van der Waals surface area contributed by atoms with Crippen LogP contribution in [0, 0.1) is 0 Å². The molecular formula is C18H20N2O2. The molecule has 2 aromatic rings. The second kappa shape index (κ2) is 6.98. The van der Waals surface area contributed by atoms with Crippen LogP contribution in [0.25, 0.3) is 0 Å². The monoisotopic (exact) mass is 296 g/mol. The van der Waals surface area contributed by atoms with Gasteiger partial charge >= 0.3 is 0 Å². The second-order valence-electron chi connectivity index (χ2n) is 5.42. The Labute approximate surface area is 130 Å². The third-order valence-electron chi connectivity index (χ3n) is 3.93. The number of ether oxygens (including phenoxy) is 1. The number of rotatable bonds is 4. The number of hydrogen-bond acceptors (Lipinski definition) is 4. The van der Waals surface area contributed by atoms with Gasteiger partial charge in [0, 0.05) is 31.6 Å². The lowest BCUT2D eigenvalue weighted by Crippen LogP contribution is -2.33. The maximum atomic E-state index is 8.79. The van der Waals surface area contributed by atoms with E-state index in [2.05, 4.69) is 34.3 Å². The van der Waals surface area contributed by atoms with E-state index in [-0.39, 0.29) is 0 Å². The summed E-state index contributed by atoms with van der Waals surface area (Å²) in [6.07, 6.45) is 1.64. The van der Waals surface area contributed by atoms with Crippen LogP contribution in [-0.2, 0) is 6.61 Å². The molecule has 0 spiro atoms. The summed E-state index contributed by atoms with van der Waals surface area (Å²) in [6, 6.07) is 18.3. The van der Waals surface area contributed by atoms with E-state index in [9.17, 15) is 0 Å². The lowest BCUT2D eigenvalue weighted by Gasteiger charge is -2.29. The van der Waals surface area contributed by atoms with Crippen LogP contribution in [0.15, 0.2) is 59.8 Å². The van der Waals surface area contributed by atoms with Crippen LogP contribution in [0.5, 0.6) is 5.75 Å². The fourth-order valence-electron chi connectivity index (χ4n) is 2.62. The number of oxime groups is 1. The van der Waals surface area contributed by atoms with Crippen LogP contribution in [0.3, 0.4) is 0 Å². The van der Waals surface area contributed by atoms with Crippen LogP contribution in [0.4, 0.5) is 5.69 Å². The van der Waals surface area contributed by atoms with Crippen molar-refractivity contribution in [2.45, 2.75) is 19.4 Å². The highest BCUT2D eigenvalue weighted by Crippen LogP contribution is 2.22. The van der Waals surface area contributed by atoms with Gasteiger partial charge in [0.1, 0.15) is 12.4 Å². The molecular weight excluding hydrogens is 276 g/mol. The molecule has 1 saturated heterocycles. The van der Waals surface area contributed by atoms with Gasteiger partial charge in [0.05, 0.1) is 5.71 Å². The quantitative estimate of drug-likeness (QED) is 0.691. The molecule has 2 aromatic carbocycles. The minimum absolute atomic E-state index is 0.584. The zero-order valence-electron chi connectivity index (χ0n) is 12.5. The van der Waals surface area contributed by atoms with E-state index in [0.29, 0.717) is 6.61 Å². The van der Waals surface area contributed by atoms with Crippen molar-refractivity contribution in [1.82, 2.24) is 0 Å². The Morgan fingerprint density at radius 3 is 2.27 bits per heavy atom. The van der Waals surface area contributed by atoms with Crippen LogP contribution >= 0.6 is 0 Å². The van der Waals surface area contributed by atoms with Gasteiger partial charge in [-0.3, -0.25) is 0 Å². The van der Waals surface area contributed by atoms with Gasteiger partial charge in [-0.2, -0.15) is 0 Å². The Bertz CT molecular complexity index is 613. The summed E-state index contributed by atoms with van der Waals surface area (Å²) in [5, 5.41) is 12.1. The highest BCUT2D eigenvalue weighted by atomic mass is 16.5. The van der Waals surface area contributed by atoms with Gasteiger partial charge in [-0.05, 0) is 29.8 Å². The first kappa shape index (κ1) is 14.4. The van der Waals surface area contributed by atoms with Crippen molar-refractivity contribution < 1.29 is 9.94 Å².